The van der Waals surface area contributed by atoms with Gasteiger partial charge in [-0.3, -0.25) is 4.79 Å². The molecule has 0 aromatic heterocycles. The van der Waals surface area contributed by atoms with Crippen molar-refractivity contribution >= 4 is 5.97 Å². The molecule has 0 bridgehead atoms. The number of rotatable bonds is 48. The van der Waals surface area contributed by atoms with Crippen LogP contribution in [0.1, 0.15) is 219 Å². The van der Waals surface area contributed by atoms with Crippen molar-refractivity contribution in [1.29, 1.82) is 0 Å². The highest BCUT2D eigenvalue weighted by Crippen LogP contribution is 2.27. The molecule has 0 aromatic rings. The molecular weight excluding hydrogens is 957 g/mol. The average Bonchev–Trinajstić information content (AvgIpc) is 3.41. The van der Waals surface area contributed by atoms with E-state index >= 15 is 0 Å². The van der Waals surface area contributed by atoms with Gasteiger partial charge in [0.05, 0.1) is 26.4 Å². The van der Waals surface area contributed by atoms with Crippen molar-refractivity contribution in [3.8, 4) is 0 Å². The van der Waals surface area contributed by atoms with E-state index in [2.05, 4.69) is 74.6 Å². The molecule has 2 saturated heterocycles. The fourth-order valence-electron chi connectivity index (χ4n) is 9.21. The van der Waals surface area contributed by atoms with Gasteiger partial charge in [-0.1, -0.05) is 197 Å². The van der Waals surface area contributed by atoms with Crippen molar-refractivity contribution in [2.75, 3.05) is 33.0 Å². The van der Waals surface area contributed by atoms with E-state index in [1.165, 1.54) is 122 Å². The monoisotopic (exact) mass is 1060 g/mol. The molecule has 75 heavy (non-hydrogen) atoms. The second-order valence-electron chi connectivity index (χ2n) is 20.8. The van der Waals surface area contributed by atoms with Gasteiger partial charge in [-0.2, -0.15) is 0 Å². The zero-order valence-corrected chi connectivity index (χ0v) is 46.8. The number of aliphatic hydroxyl groups excluding tert-OH is 7. The summed E-state index contributed by atoms with van der Waals surface area (Å²) in [6.45, 7) is 3.57. The number of hydrogen-bond donors (Lipinski definition) is 7. The second-order valence-corrected chi connectivity index (χ2v) is 20.8. The number of allylic oxidation sites excluding steroid dienone is 10. The highest BCUT2D eigenvalue weighted by atomic mass is 16.7. The van der Waals surface area contributed by atoms with Gasteiger partial charge in [0.25, 0.3) is 0 Å². The summed E-state index contributed by atoms with van der Waals surface area (Å²) in [6, 6.07) is 0. The van der Waals surface area contributed by atoms with Gasteiger partial charge in [0.2, 0.25) is 0 Å². The van der Waals surface area contributed by atoms with Crippen LogP contribution >= 0.6 is 0 Å². The highest BCUT2D eigenvalue weighted by Gasteiger charge is 2.47. The predicted octanol–water partition coefficient (Wildman–Crippen LogP) is 10.9. The van der Waals surface area contributed by atoms with E-state index in [-0.39, 0.29) is 25.6 Å². The van der Waals surface area contributed by atoms with Crippen molar-refractivity contribution in [2.45, 2.75) is 287 Å². The van der Waals surface area contributed by atoms with Crippen LogP contribution in [0, 0.1) is 0 Å². The molecule has 2 fully saturated rings. The summed E-state index contributed by atoms with van der Waals surface area (Å²) in [7, 11) is 0. The number of carbonyl (C=O) groups excluding carboxylic acids is 1. The van der Waals surface area contributed by atoms with Crippen LogP contribution in [-0.4, -0.2) is 142 Å². The topological polar surface area (TPSA) is 214 Å². The van der Waals surface area contributed by atoms with Gasteiger partial charge in [-0.05, 0) is 77.0 Å². The fraction of sp³-hybridized carbons (Fsp3) is 0.820. The molecule has 436 valence electrons. The largest absolute Gasteiger partial charge is 0.457 e. The van der Waals surface area contributed by atoms with Gasteiger partial charge in [-0.25, -0.2) is 0 Å². The van der Waals surface area contributed by atoms with Crippen molar-refractivity contribution in [1.82, 2.24) is 0 Å². The summed E-state index contributed by atoms with van der Waals surface area (Å²) in [5.74, 6) is -0.381. The van der Waals surface area contributed by atoms with Gasteiger partial charge >= 0.3 is 5.97 Å². The number of aliphatic hydroxyl groups is 7. The zero-order valence-electron chi connectivity index (χ0n) is 46.8. The van der Waals surface area contributed by atoms with Crippen LogP contribution in [0.25, 0.3) is 0 Å². The molecule has 11 atom stereocenters. The lowest BCUT2D eigenvalue weighted by molar-refractivity contribution is -0.332. The molecule has 2 heterocycles. The normalized spacial score (nSPS) is 25.0. The van der Waals surface area contributed by atoms with E-state index in [9.17, 15) is 40.5 Å². The third-order valence-corrected chi connectivity index (χ3v) is 14.0. The molecular formula is C61H108O14. The lowest BCUT2D eigenvalue weighted by Gasteiger charge is -2.42. The minimum absolute atomic E-state index is 0.0542. The van der Waals surface area contributed by atoms with E-state index < -0.39 is 80.7 Å². The smallest absolute Gasteiger partial charge is 0.306 e. The van der Waals surface area contributed by atoms with Crippen LogP contribution in [0.3, 0.4) is 0 Å². The standard InChI is InChI=1S/C61H108O14/c1-3-5-7-9-11-13-15-17-19-21-23-24-25-26-27-28-30-32-34-36-38-40-42-44-53(63)73-50(47-70-45-43-41-39-37-35-33-31-29-22-20-18-16-14-12-10-8-6-4-2)48-71-60-59(69)57(67)55(65)52(75-60)49-72-61-58(68)56(66)54(64)51(46-62)74-61/h6,8,12,14-15,17-18,20-21,23,50-52,54-62,64-69H,3-5,7,9-11,13,16,19,22,24-49H2,1-2H3/b8-6-,14-12-,17-15-,20-18-,23-21-. The number of hydrogen-bond acceptors (Lipinski definition) is 14. The molecule has 0 saturated carbocycles. The SMILES string of the molecule is CC/C=C\C/C=C\C/C=C\CCCCCCCCCCOCC(COC1OC(COC2OC(CO)C(O)C(O)C2O)C(O)C(O)C1O)OC(=O)CCCCCCCCCCCCC/C=C\C/C=C\CCCCCCC. The first kappa shape index (κ1) is 68.8. The molecule has 0 aromatic carbocycles. The summed E-state index contributed by atoms with van der Waals surface area (Å²) in [5.41, 5.74) is 0. The van der Waals surface area contributed by atoms with E-state index in [1.807, 2.05) is 0 Å². The first-order valence-corrected chi connectivity index (χ1v) is 29.9. The van der Waals surface area contributed by atoms with Crippen molar-refractivity contribution < 1.29 is 69.0 Å². The Balaban J connectivity index is 1.70. The predicted molar refractivity (Wildman–Crippen MR) is 298 cm³/mol. The Bertz CT molecular complexity index is 1470. The van der Waals surface area contributed by atoms with Crippen LogP contribution in [0.4, 0.5) is 0 Å². The molecule has 7 N–H and O–H groups in total. The van der Waals surface area contributed by atoms with Gasteiger partial charge in [0.1, 0.15) is 54.9 Å². The first-order chi connectivity index (χ1) is 36.6. The van der Waals surface area contributed by atoms with Crippen LogP contribution in [0.5, 0.6) is 0 Å². The Kier molecular flexibility index (Phi) is 43.7. The number of carbonyl (C=O) groups is 1. The lowest BCUT2D eigenvalue weighted by Crippen LogP contribution is -2.61. The van der Waals surface area contributed by atoms with Gasteiger partial charge in [-0.15, -0.1) is 0 Å². The summed E-state index contributed by atoms with van der Waals surface area (Å²) < 4.78 is 34.4. The van der Waals surface area contributed by atoms with Crippen LogP contribution in [-0.2, 0) is 33.2 Å². The molecule has 11 unspecified atom stereocenters. The molecule has 2 aliphatic rings. The summed E-state index contributed by atoms with van der Waals surface area (Å²) >= 11 is 0. The lowest BCUT2D eigenvalue weighted by atomic mass is 9.98. The van der Waals surface area contributed by atoms with E-state index in [0.717, 1.165) is 70.6 Å². The molecule has 0 amide bonds. The molecule has 14 nitrogen and oxygen atoms in total. The maximum Gasteiger partial charge on any atom is 0.306 e. The Morgan fingerprint density at radius 2 is 0.867 bits per heavy atom. The van der Waals surface area contributed by atoms with Crippen molar-refractivity contribution in [2.24, 2.45) is 0 Å². The third kappa shape index (κ3) is 34.3. The van der Waals surface area contributed by atoms with Gasteiger partial charge in [0, 0.05) is 13.0 Å². The number of ether oxygens (including phenoxy) is 6. The Hall–Kier alpha value is -2.31. The zero-order chi connectivity index (χ0) is 54.4. The van der Waals surface area contributed by atoms with Crippen LogP contribution in [0.15, 0.2) is 60.8 Å². The van der Waals surface area contributed by atoms with E-state index in [4.69, 9.17) is 28.4 Å². The first-order valence-electron chi connectivity index (χ1n) is 29.9. The maximum atomic E-state index is 13.1. The van der Waals surface area contributed by atoms with Crippen molar-refractivity contribution in [3.63, 3.8) is 0 Å². The molecule has 0 spiro atoms. The molecule has 0 aliphatic carbocycles. The average molecular weight is 1070 g/mol. The summed E-state index contributed by atoms with van der Waals surface area (Å²) in [5, 5.41) is 72.4. The van der Waals surface area contributed by atoms with Crippen LogP contribution in [0.2, 0.25) is 0 Å². The molecule has 2 rings (SSSR count). The van der Waals surface area contributed by atoms with Crippen LogP contribution < -0.4 is 0 Å². The van der Waals surface area contributed by atoms with E-state index in [1.54, 1.807) is 0 Å². The maximum absolute atomic E-state index is 13.1. The van der Waals surface area contributed by atoms with E-state index in [0.29, 0.717) is 13.0 Å². The summed E-state index contributed by atoms with van der Waals surface area (Å²) in [6.07, 6.45) is 42.8. The third-order valence-electron chi connectivity index (χ3n) is 14.0. The summed E-state index contributed by atoms with van der Waals surface area (Å²) in [4.78, 5) is 13.1. The molecule has 2 aliphatic heterocycles. The minimum Gasteiger partial charge on any atom is -0.457 e. The Morgan fingerprint density at radius 1 is 0.453 bits per heavy atom. The quantitative estimate of drug-likeness (QED) is 0.0172. The highest BCUT2D eigenvalue weighted by molar-refractivity contribution is 5.69. The molecule has 0 radical (unpaired) electrons. The van der Waals surface area contributed by atoms with Gasteiger partial charge in [0.15, 0.2) is 12.6 Å². The Morgan fingerprint density at radius 3 is 1.36 bits per heavy atom. The number of unbranched alkanes of at least 4 members (excludes halogenated alkanes) is 24. The fourth-order valence-corrected chi connectivity index (χ4v) is 9.21. The molecule has 14 heteroatoms. The van der Waals surface area contributed by atoms with Gasteiger partial charge < -0.3 is 64.2 Å². The number of esters is 1. The minimum atomic E-state index is -1.71. The second kappa shape index (κ2) is 47.7. The Labute approximate surface area is 454 Å². The van der Waals surface area contributed by atoms with Crippen molar-refractivity contribution in [3.05, 3.63) is 60.8 Å².